The van der Waals surface area contributed by atoms with Crippen LogP contribution in [0.15, 0.2) is 30.3 Å². The van der Waals surface area contributed by atoms with Crippen molar-refractivity contribution in [3.8, 4) is 0 Å². The number of benzene rings is 1. The first-order valence-electron chi connectivity index (χ1n) is 7.99. The minimum absolute atomic E-state index is 0.0477. The third kappa shape index (κ3) is 3.85. The molecular formula is C18H28N2O. The molecule has 0 spiro atoms. The lowest BCUT2D eigenvalue weighted by atomic mass is 9.91. The summed E-state index contributed by atoms with van der Waals surface area (Å²) in [7, 11) is 0. The highest BCUT2D eigenvalue weighted by atomic mass is 16.2. The zero-order valence-corrected chi connectivity index (χ0v) is 13.8. The molecule has 1 unspecified atom stereocenters. The SMILES string of the molecule is CCC(CN1CCN(C(C)=O)CC1(C)C)c1ccccc1. The molecule has 1 aromatic rings. The number of nitrogens with zero attached hydrogens (tertiary/aromatic N) is 2. The third-order valence-corrected chi connectivity index (χ3v) is 4.72. The van der Waals surface area contributed by atoms with Crippen LogP contribution in [0.2, 0.25) is 0 Å². The van der Waals surface area contributed by atoms with Crippen molar-refractivity contribution in [2.45, 2.75) is 45.6 Å². The van der Waals surface area contributed by atoms with E-state index in [-0.39, 0.29) is 11.4 Å². The molecule has 21 heavy (non-hydrogen) atoms. The lowest BCUT2D eigenvalue weighted by Crippen LogP contribution is -2.60. The molecule has 0 aromatic heterocycles. The van der Waals surface area contributed by atoms with E-state index in [1.54, 1.807) is 6.92 Å². The smallest absolute Gasteiger partial charge is 0.219 e. The van der Waals surface area contributed by atoms with Gasteiger partial charge in [-0.1, -0.05) is 37.3 Å². The Morgan fingerprint density at radius 1 is 1.24 bits per heavy atom. The maximum absolute atomic E-state index is 11.6. The number of rotatable bonds is 4. The van der Waals surface area contributed by atoms with Gasteiger partial charge >= 0.3 is 0 Å². The Kier molecular flexibility index (Phi) is 5.04. The lowest BCUT2D eigenvalue weighted by Gasteiger charge is -2.48. The second-order valence-corrected chi connectivity index (χ2v) is 6.71. The summed E-state index contributed by atoms with van der Waals surface area (Å²) in [6.07, 6.45) is 1.15. The molecule has 1 saturated heterocycles. The molecule has 3 heteroatoms. The van der Waals surface area contributed by atoms with Crippen LogP contribution in [0.1, 0.15) is 45.6 Å². The van der Waals surface area contributed by atoms with E-state index in [9.17, 15) is 4.79 Å². The molecule has 0 N–H and O–H groups in total. The average Bonchev–Trinajstić information content (AvgIpc) is 2.46. The maximum atomic E-state index is 11.6. The number of carbonyl (C=O) groups excluding carboxylic acids is 1. The summed E-state index contributed by atoms with van der Waals surface area (Å²) in [5.41, 5.74) is 1.47. The van der Waals surface area contributed by atoms with Crippen molar-refractivity contribution in [1.29, 1.82) is 0 Å². The standard InChI is InChI=1S/C18H28N2O/c1-5-16(17-9-7-6-8-10-17)13-20-12-11-19(15(2)21)14-18(20,3)4/h6-10,16H,5,11-14H2,1-4H3. The van der Waals surface area contributed by atoms with Gasteiger partial charge in [-0.3, -0.25) is 9.69 Å². The summed E-state index contributed by atoms with van der Waals surface area (Å²) >= 11 is 0. The van der Waals surface area contributed by atoms with E-state index in [1.165, 1.54) is 5.56 Å². The van der Waals surface area contributed by atoms with Gasteiger partial charge in [-0.15, -0.1) is 0 Å². The minimum Gasteiger partial charge on any atom is -0.340 e. The first-order chi connectivity index (χ1) is 9.94. The molecule has 116 valence electrons. The largest absolute Gasteiger partial charge is 0.340 e. The van der Waals surface area contributed by atoms with Gasteiger partial charge in [0.1, 0.15) is 0 Å². The van der Waals surface area contributed by atoms with Gasteiger partial charge < -0.3 is 4.90 Å². The van der Waals surface area contributed by atoms with Crippen molar-refractivity contribution >= 4 is 5.91 Å². The quantitative estimate of drug-likeness (QED) is 0.850. The zero-order valence-electron chi connectivity index (χ0n) is 13.8. The van der Waals surface area contributed by atoms with Crippen molar-refractivity contribution in [3.63, 3.8) is 0 Å². The van der Waals surface area contributed by atoms with E-state index in [0.717, 1.165) is 32.6 Å². The van der Waals surface area contributed by atoms with E-state index in [2.05, 4.69) is 56.0 Å². The fraction of sp³-hybridized carbons (Fsp3) is 0.611. The zero-order chi connectivity index (χ0) is 15.5. The van der Waals surface area contributed by atoms with Crippen LogP contribution in [0.25, 0.3) is 0 Å². The van der Waals surface area contributed by atoms with Crippen LogP contribution in [-0.2, 0) is 4.79 Å². The highest BCUT2D eigenvalue weighted by molar-refractivity contribution is 5.73. The molecule has 2 rings (SSSR count). The van der Waals surface area contributed by atoms with Gasteiger partial charge in [0.25, 0.3) is 0 Å². The van der Waals surface area contributed by atoms with E-state index in [0.29, 0.717) is 5.92 Å². The normalized spacial score (nSPS) is 20.3. The van der Waals surface area contributed by atoms with Crippen molar-refractivity contribution in [2.24, 2.45) is 0 Å². The second-order valence-electron chi connectivity index (χ2n) is 6.71. The number of piperazine rings is 1. The lowest BCUT2D eigenvalue weighted by molar-refractivity contribution is -0.133. The number of hydrogen-bond acceptors (Lipinski definition) is 2. The molecule has 1 aliphatic heterocycles. The molecule has 1 atom stereocenters. The molecule has 0 bridgehead atoms. The molecule has 1 amide bonds. The highest BCUT2D eigenvalue weighted by Crippen LogP contribution is 2.27. The molecule has 0 radical (unpaired) electrons. The van der Waals surface area contributed by atoms with Crippen LogP contribution in [0.3, 0.4) is 0 Å². The highest BCUT2D eigenvalue weighted by Gasteiger charge is 2.35. The van der Waals surface area contributed by atoms with Crippen LogP contribution in [0.5, 0.6) is 0 Å². The fourth-order valence-corrected chi connectivity index (χ4v) is 3.26. The Labute approximate surface area is 128 Å². The first-order valence-corrected chi connectivity index (χ1v) is 7.99. The van der Waals surface area contributed by atoms with Gasteiger partial charge in [0, 0.05) is 38.6 Å². The second kappa shape index (κ2) is 6.61. The fourth-order valence-electron chi connectivity index (χ4n) is 3.26. The van der Waals surface area contributed by atoms with Crippen LogP contribution < -0.4 is 0 Å². The van der Waals surface area contributed by atoms with Gasteiger partial charge in [-0.05, 0) is 31.7 Å². The summed E-state index contributed by atoms with van der Waals surface area (Å²) in [5.74, 6) is 0.757. The van der Waals surface area contributed by atoms with Crippen LogP contribution in [-0.4, -0.2) is 47.4 Å². The van der Waals surface area contributed by atoms with Crippen LogP contribution >= 0.6 is 0 Å². The molecule has 1 fully saturated rings. The maximum Gasteiger partial charge on any atom is 0.219 e. The third-order valence-electron chi connectivity index (χ3n) is 4.72. The summed E-state index contributed by atoms with van der Waals surface area (Å²) in [5, 5.41) is 0. The molecule has 1 aliphatic rings. The number of amides is 1. The Morgan fingerprint density at radius 3 is 2.43 bits per heavy atom. The van der Waals surface area contributed by atoms with Crippen molar-refractivity contribution in [1.82, 2.24) is 9.80 Å². The van der Waals surface area contributed by atoms with Crippen molar-refractivity contribution < 1.29 is 4.79 Å². The van der Waals surface area contributed by atoms with Gasteiger partial charge in [0.2, 0.25) is 5.91 Å². The average molecular weight is 288 g/mol. The van der Waals surface area contributed by atoms with Gasteiger partial charge in [-0.2, -0.15) is 0 Å². The Bertz CT molecular complexity index is 469. The summed E-state index contributed by atoms with van der Waals surface area (Å²) in [6.45, 7) is 12.1. The summed E-state index contributed by atoms with van der Waals surface area (Å²) in [4.78, 5) is 16.1. The van der Waals surface area contributed by atoms with Crippen molar-refractivity contribution in [2.75, 3.05) is 26.2 Å². The topological polar surface area (TPSA) is 23.6 Å². The van der Waals surface area contributed by atoms with Gasteiger partial charge in [0.15, 0.2) is 0 Å². The van der Waals surface area contributed by atoms with Gasteiger partial charge in [-0.25, -0.2) is 0 Å². The molecular weight excluding hydrogens is 260 g/mol. The van der Waals surface area contributed by atoms with Gasteiger partial charge in [0.05, 0.1) is 0 Å². The van der Waals surface area contributed by atoms with Crippen molar-refractivity contribution in [3.05, 3.63) is 35.9 Å². The van der Waals surface area contributed by atoms with E-state index >= 15 is 0 Å². The monoisotopic (exact) mass is 288 g/mol. The minimum atomic E-state index is 0.0477. The Balaban J connectivity index is 2.06. The van der Waals surface area contributed by atoms with E-state index in [4.69, 9.17) is 0 Å². The molecule has 1 heterocycles. The van der Waals surface area contributed by atoms with E-state index in [1.807, 2.05) is 4.90 Å². The van der Waals surface area contributed by atoms with E-state index < -0.39 is 0 Å². The molecule has 0 saturated carbocycles. The summed E-state index contributed by atoms with van der Waals surface area (Å²) in [6, 6.07) is 10.8. The number of hydrogen-bond donors (Lipinski definition) is 0. The number of carbonyl (C=O) groups is 1. The Hall–Kier alpha value is -1.35. The predicted molar refractivity (Wildman–Crippen MR) is 87.4 cm³/mol. The molecule has 3 nitrogen and oxygen atoms in total. The molecule has 1 aromatic carbocycles. The Morgan fingerprint density at radius 2 is 1.90 bits per heavy atom. The van der Waals surface area contributed by atoms with Crippen LogP contribution in [0, 0.1) is 0 Å². The predicted octanol–water partition coefficient (Wildman–Crippen LogP) is 3.12. The van der Waals surface area contributed by atoms with Crippen LogP contribution in [0.4, 0.5) is 0 Å². The summed E-state index contributed by atoms with van der Waals surface area (Å²) < 4.78 is 0. The molecule has 0 aliphatic carbocycles. The first kappa shape index (κ1) is 16.0.